The topological polar surface area (TPSA) is 58.4 Å². The zero-order valence-electron chi connectivity index (χ0n) is 12.0. The fourth-order valence-corrected chi connectivity index (χ4v) is 2.13. The quantitative estimate of drug-likeness (QED) is 0.673. The molecule has 0 aromatic carbocycles. The number of hydrogen-bond acceptors (Lipinski definition) is 3. The fraction of sp³-hybridized carbons (Fsp3) is 0.923. The molecule has 1 amide bonds. The standard InChI is InChI=1S/C13H29N3O/c1-6-10(7-2)12(16(4)5)9-15-13(17)11(14)8-3/h10-12H,6-9,14H2,1-5H3,(H,15,17)/t11-,12?/m1/s1. The summed E-state index contributed by atoms with van der Waals surface area (Å²) in [5.41, 5.74) is 5.69. The number of rotatable bonds is 8. The molecule has 3 N–H and O–H groups in total. The second kappa shape index (κ2) is 8.48. The van der Waals surface area contributed by atoms with E-state index in [9.17, 15) is 4.79 Å². The number of nitrogens with one attached hydrogen (secondary N) is 1. The van der Waals surface area contributed by atoms with E-state index in [1.165, 1.54) is 0 Å². The predicted molar refractivity (Wildman–Crippen MR) is 72.8 cm³/mol. The molecule has 0 rings (SSSR count). The van der Waals surface area contributed by atoms with Crippen LogP contribution in [0.2, 0.25) is 0 Å². The number of carbonyl (C=O) groups excluding carboxylic acids is 1. The highest BCUT2D eigenvalue weighted by atomic mass is 16.2. The van der Waals surface area contributed by atoms with Crippen LogP contribution in [0.3, 0.4) is 0 Å². The van der Waals surface area contributed by atoms with Gasteiger partial charge in [-0.3, -0.25) is 4.79 Å². The molecule has 4 heteroatoms. The molecule has 0 aliphatic rings. The first-order valence-corrected chi connectivity index (χ1v) is 6.67. The fourth-order valence-electron chi connectivity index (χ4n) is 2.13. The van der Waals surface area contributed by atoms with E-state index in [-0.39, 0.29) is 11.9 Å². The molecular formula is C13H29N3O. The molecule has 0 saturated carbocycles. The summed E-state index contributed by atoms with van der Waals surface area (Å²) in [5, 5.41) is 2.96. The van der Waals surface area contributed by atoms with E-state index < -0.39 is 0 Å². The van der Waals surface area contributed by atoms with E-state index in [1.807, 2.05) is 6.92 Å². The van der Waals surface area contributed by atoms with Crippen LogP contribution < -0.4 is 11.1 Å². The third kappa shape index (κ3) is 5.50. The summed E-state index contributed by atoms with van der Waals surface area (Å²) in [6.07, 6.45) is 2.95. The molecule has 0 aromatic heterocycles. The second-order valence-corrected chi connectivity index (χ2v) is 4.87. The average molecular weight is 243 g/mol. The Labute approximate surface area is 106 Å². The molecule has 1 unspecified atom stereocenters. The second-order valence-electron chi connectivity index (χ2n) is 4.87. The van der Waals surface area contributed by atoms with Gasteiger partial charge in [0.15, 0.2) is 0 Å². The normalized spacial score (nSPS) is 15.1. The summed E-state index contributed by atoms with van der Waals surface area (Å²) >= 11 is 0. The first kappa shape index (κ1) is 16.4. The van der Waals surface area contributed by atoms with Gasteiger partial charge in [0, 0.05) is 12.6 Å². The van der Waals surface area contributed by atoms with Crippen molar-refractivity contribution in [2.75, 3.05) is 20.6 Å². The van der Waals surface area contributed by atoms with E-state index in [0.29, 0.717) is 24.9 Å². The first-order valence-electron chi connectivity index (χ1n) is 6.67. The SMILES string of the molecule is CCC(CC)C(CNC(=O)[C@H](N)CC)N(C)C. The van der Waals surface area contributed by atoms with Crippen molar-refractivity contribution >= 4 is 5.91 Å². The summed E-state index contributed by atoms with van der Waals surface area (Å²) in [7, 11) is 4.13. The van der Waals surface area contributed by atoms with Crippen molar-refractivity contribution in [3.05, 3.63) is 0 Å². The Morgan fingerprint density at radius 2 is 1.71 bits per heavy atom. The predicted octanol–water partition coefficient (Wildman–Crippen LogP) is 1.21. The Morgan fingerprint density at radius 3 is 2.06 bits per heavy atom. The minimum Gasteiger partial charge on any atom is -0.353 e. The number of amides is 1. The van der Waals surface area contributed by atoms with Crippen molar-refractivity contribution in [1.29, 1.82) is 0 Å². The number of nitrogens with two attached hydrogens (primary N) is 1. The number of nitrogens with zero attached hydrogens (tertiary/aromatic N) is 1. The molecule has 0 aromatic rings. The van der Waals surface area contributed by atoms with Crippen LogP contribution >= 0.6 is 0 Å². The van der Waals surface area contributed by atoms with Gasteiger partial charge in [-0.25, -0.2) is 0 Å². The maximum absolute atomic E-state index is 11.6. The van der Waals surface area contributed by atoms with Crippen molar-refractivity contribution in [3.63, 3.8) is 0 Å². The van der Waals surface area contributed by atoms with Gasteiger partial charge in [-0.05, 0) is 26.4 Å². The van der Waals surface area contributed by atoms with Crippen molar-refractivity contribution in [3.8, 4) is 0 Å². The van der Waals surface area contributed by atoms with Crippen molar-refractivity contribution < 1.29 is 4.79 Å². The Hall–Kier alpha value is -0.610. The lowest BCUT2D eigenvalue weighted by atomic mass is 9.93. The molecule has 102 valence electrons. The maximum Gasteiger partial charge on any atom is 0.236 e. The summed E-state index contributed by atoms with van der Waals surface area (Å²) in [4.78, 5) is 13.8. The third-order valence-electron chi connectivity index (χ3n) is 3.52. The van der Waals surface area contributed by atoms with E-state index in [0.717, 1.165) is 12.8 Å². The lowest BCUT2D eigenvalue weighted by Gasteiger charge is -2.31. The molecule has 4 nitrogen and oxygen atoms in total. The van der Waals surface area contributed by atoms with Crippen LogP contribution in [-0.4, -0.2) is 43.5 Å². The summed E-state index contributed by atoms with van der Waals surface area (Å²) < 4.78 is 0. The van der Waals surface area contributed by atoms with Crippen LogP contribution in [-0.2, 0) is 4.79 Å². The lowest BCUT2D eigenvalue weighted by Crippen LogP contribution is -2.48. The van der Waals surface area contributed by atoms with Gasteiger partial charge in [-0.15, -0.1) is 0 Å². The Bertz CT molecular complexity index is 215. The highest BCUT2D eigenvalue weighted by molar-refractivity contribution is 5.81. The van der Waals surface area contributed by atoms with Crippen LogP contribution in [0.25, 0.3) is 0 Å². The Morgan fingerprint density at radius 1 is 1.18 bits per heavy atom. The van der Waals surface area contributed by atoms with Crippen LogP contribution in [0.5, 0.6) is 0 Å². The molecular weight excluding hydrogens is 214 g/mol. The van der Waals surface area contributed by atoms with Crippen molar-refractivity contribution in [2.45, 2.75) is 52.1 Å². The molecule has 0 spiro atoms. The molecule has 0 aliphatic heterocycles. The number of carbonyl (C=O) groups is 1. The van der Waals surface area contributed by atoms with Crippen LogP contribution in [0, 0.1) is 5.92 Å². The molecule has 0 fully saturated rings. The molecule has 17 heavy (non-hydrogen) atoms. The van der Waals surface area contributed by atoms with E-state index in [2.05, 4.69) is 38.2 Å². The zero-order valence-corrected chi connectivity index (χ0v) is 12.0. The maximum atomic E-state index is 11.6. The number of hydrogen-bond donors (Lipinski definition) is 2. The van der Waals surface area contributed by atoms with Gasteiger partial charge in [0.2, 0.25) is 5.91 Å². The van der Waals surface area contributed by atoms with Crippen LogP contribution in [0.4, 0.5) is 0 Å². The van der Waals surface area contributed by atoms with Crippen molar-refractivity contribution in [2.24, 2.45) is 11.7 Å². The Kier molecular flexibility index (Phi) is 8.17. The average Bonchev–Trinajstić information content (AvgIpc) is 2.32. The smallest absolute Gasteiger partial charge is 0.236 e. The van der Waals surface area contributed by atoms with Gasteiger partial charge >= 0.3 is 0 Å². The van der Waals surface area contributed by atoms with E-state index in [1.54, 1.807) is 0 Å². The molecule has 0 aliphatic carbocycles. The minimum absolute atomic E-state index is 0.0368. The molecule has 0 bridgehead atoms. The van der Waals surface area contributed by atoms with Gasteiger partial charge in [0.05, 0.1) is 6.04 Å². The van der Waals surface area contributed by atoms with Crippen LogP contribution in [0.15, 0.2) is 0 Å². The molecule has 2 atom stereocenters. The van der Waals surface area contributed by atoms with Gasteiger partial charge in [0.1, 0.15) is 0 Å². The highest BCUT2D eigenvalue weighted by Gasteiger charge is 2.22. The van der Waals surface area contributed by atoms with Gasteiger partial charge in [0.25, 0.3) is 0 Å². The largest absolute Gasteiger partial charge is 0.353 e. The van der Waals surface area contributed by atoms with Crippen molar-refractivity contribution in [1.82, 2.24) is 10.2 Å². The number of likely N-dealkylation sites (N-methyl/N-ethyl adjacent to an activating group) is 1. The van der Waals surface area contributed by atoms with Gasteiger partial charge in [-0.2, -0.15) is 0 Å². The summed E-state index contributed by atoms with van der Waals surface area (Å²) in [6, 6.07) is 0.0116. The first-order chi connectivity index (χ1) is 7.97. The molecule has 0 radical (unpaired) electrons. The molecule has 0 heterocycles. The minimum atomic E-state index is -0.375. The third-order valence-corrected chi connectivity index (χ3v) is 3.52. The zero-order chi connectivity index (χ0) is 13.4. The Balaban J connectivity index is 4.32. The van der Waals surface area contributed by atoms with E-state index >= 15 is 0 Å². The van der Waals surface area contributed by atoms with E-state index in [4.69, 9.17) is 5.73 Å². The van der Waals surface area contributed by atoms with Gasteiger partial charge < -0.3 is 16.0 Å². The summed E-state index contributed by atoms with van der Waals surface area (Å²) in [5.74, 6) is 0.577. The highest BCUT2D eigenvalue weighted by Crippen LogP contribution is 2.16. The van der Waals surface area contributed by atoms with Crippen LogP contribution in [0.1, 0.15) is 40.0 Å². The molecule has 0 saturated heterocycles. The lowest BCUT2D eigenvalue weighted by molar-refractivity contribution is -0.122. The summed E-state index contributed by atoms with van der Waals surface area (Å²) in [6.45, 7) is 7.01. The van der Waals surface area contributed by atoms with Gasteiger partial charge in [-0.1, -0.05) is 33.6 Å². The monoisotopic (exact) mass is 243 g/mol.